The average molecular weight is 421 g/mol. The number of aromatic nitrogens is 1. The zero-order chi connectivity index (χ0) is 20.9. The molecule has 0 bridgehead atoms. The van der Waals surface area contributed by atoms with E-state index in [-0.39, 0.29) is 23.2 Å². The van der Waals surface area contributed by atoms with Gasteiger partial charge in [-0.3, -0.25) is 0 Å². The van der Waals surface area contributed by atoms with Crippen LogP contribution in [0.4, 0.5) is 9.18 Å². The number of nitrogens with zero attached hydrogens (tertiary/aromatic N) is 1. The molecule has 0 fully saturated rings. The molecule has 1 heterocycles. The third-order valence-electron chi connectivity index (χ3n) is 4.88. The molecular formula is C24H18ClFN2O2. The van der Waals surface area contributed by atoms with Crippen molar-refractivity contribution in [3.63, 3.8) is 0 Å². The fourth-order valence-corrected chi connectivity index (χ4v) is 3.67. The predicted molar refractivity (Wildman–Crippen MR) is 114 cm³/mol. The third-order valence-corrected chi connectivity index (χ3v) is 5.08. The molecule has 4 rings (SSSR count). The lowest BCUT2D eigenvalue weighted by atomic mass is 9.98. The van der Waals surface area contributed by atoms with Gasteiger partial charge in [0.1, 0.15) is 12.3 Å². The van der Waals surface area contributed by atoms with E-state index in [0.717, 1.165) is 17.2 Å². The molecule has 0 spiro atoms. The fourth-order valence-electron chi connectivity index (χ4n) is 3.53. The van der Waals surface area contributed by atoms with E-state index in [1.165, 1.54) is 17.3 Å². The van der Waals surface area contributed by atoms with E-state index in [0.29, 0.717) is 13.0 Å². The number of carbonyl (C=O) groups excluding carboxylic acids is 1. The van der Waals surface area contributed by atoms with Crippen LogP contribution in [0, 0.1) is 17.7 Å². The van der Waals surface area contributed by atoms with Crippen LogP contribution >= 0.6 is 11.6 Å². The molecule has 1 amide bonds. The Morgan fingerprint density at radius 2 is 1.80 bits per heavy atom. The number of hydrogen-bond acceptors (Lipinski definition) is 3. The molecule has 0 radical (unpaired) electrons. The number of rotatable bonds is 4. The summed E-state index contributed by atoms with van der Waals surface area (Å²) in [5, 5.41) is 2.88. The molecule has 1 aliphatic carbocycles. The smallest absolute Gasteiger partial charge is 0.407 e. The summed E-state index contributed by atoms with van der Waals surface area (Å²) in [4.78, 5) is 15.9. The van der Waals surface area contributed by atoms with Crippen molar-refractivity contribution in [2.75, 3.05) is 13.2 Å². The number of alkyl carbamates (subject to hydrolysis) is 1. The largest absolute Gasteiger partial charge is 0.449 e. The van der Waals surface area contributed by atoms with E-state index in [9.17, 15) is 9.18 Å². The first kappa shape index (κ1) is 19.9. The summed E-state index contributed by atoms with van der Waals surface area (Å²) >= 11 is 5.66. The lowest BCUT2D eigenvalue weighted by Crippen LogP contribution is -2.26. The molecule has 30 heavy (non-hydrogen) atoms. The lowest BCUT2D eigenvalue weighted by molar-refractivity contribution is 0.143. The molecule has 0 saturated carbocycles. The van der Waals surface area contributed by atoms with Gasteiger partial charge >= 0.3 is 6.09 Å². The number of carbonyl (C=O) groups is 1. The maximum Gasteiger partial charge on any atom is 0.407 e. The van der Waals surface area contributed by atoms with Gasteiger partial charge in [-0.1, -0.05) is 66.1 Å². The number of hydrogen-bond donors (Lipinski definition) is 1. The number of benzene rings is 2. The number of amides is 1. The number of halogens is 2. The number of ether oxygens (including phenoxy) is 1. The zero-order valence-electron chi connectivity index (χ0n) is 16.0. The van der Waals surface area contributed by atoms with Gasteiger partial charge in [0.2, 0.25) is 0 Å². The summed E-state index contributed by atoms with van der Waals surface area (Å²) in [5.41, 5.74) is 4.71. The number of pyridine rings is 1. The summed E-state index contributed by atoms with van der Waals surface area (Å²) in [6.07, 6.45) is 1.17. The quantitative estimate of drug-likeness (QED) is 0.469. The summed E-state index contributed by atoms with van der Waals surface area (Å²) in [5.74, 6) is 4.85. The van der Waals surface area contributed by atoms with Crippen LogP contribution < -0.4 is 5.32 Å². The minimum Gasteiger partial charge on any atom is -0.449 e. The van der Waals surface area contributed by atoms with Crippen LogP contribution in [0.1, 0.15) is 29.2 Å². The molecule has 1 aliphatic rings. The van der Waals surface area contributed by atoms with Gasteiger partial charge in [-0.05, 0) is 34.2 Å². The fraction of sp³-hybridized carbons (Fsp3) is 0.167. The Balaban J connectivity index is 1.29. The van der Waals surface area contributed by atoms with E-state index >= 15 is 0 Å². The predicted octanol–water partition coefficient (Wildman–Crippen LogP) is 5.15. The highest BCUT2D eigenvalue weighted by atomic mass is 35.5. The molecule has 1 N–H and O–H groups in total. The Morgan fingerprint density at radius 3 is 2.47 bits per heavy atom. The van der Waals surface area contributed by atoms with Crippen molar-refractivity contribution in [3.8, 4) is 23.0 Å². The van der Waals surface area contributed by atoms with E-state index in [1.807, 2.05) is 24.3 Å². The van der Waals surface area contributed by atoms with Crippen molar-refractivity contribution in [3.05, 3.63) is 88.5 Å². The molecule has 0 unspecified atom stereocenters. The molecule has 4 nitrogen and oxygen atoms in total. The molecule has 6 heteroatoms. The molecule has 1 aromatic heterocycles. The normalized spacial score (nSPS) is 11.8. The monoisotopic (exact) mass is 420 g/mol. The Kier molecular flexibility index (Phi) is 5.97. The molecule has 150 valence electrons. The van der Waals surface area contributed by atoms with Gasteiger partial charge in [0, 0.05) is 25.1 Å². The molecule has 3 aromatic rings. The molecular weight excluding hydrogens is 403 g/mol. The van der Waals surface area contributed by atoms with Crippen LogP contribution in [0.15, 0.2) is 60.8 Å². The Bertz CT molecular complexity index is 1110. The maximum atomic E-state index is 13.6. The van der Waals surface area contributed by atoms with Gasteiger partial charge in [-0.25, -0.2) is 14.2 Å². The van der Waals surface area contributed by atoms with Crippen molar-refractivity contribution in [2.45, 2.75) is 12.3 Å². The first-order valence-electron chi connectivity index (χ1n) is 9.52. The Hall–Kier alpha value is -3.36. The van der Waals surface area contributed by atoms with Crippen LogP contribution in [-0.4, -0.2) is 24.2 Å². The summed E-state index contributed by atoms with van der Waals surface area (Å²) in [7, 11) is 0. The van der Waals surface area contributed by atoms with Gasteiger partial charge in [-0.15, -0.1) is 0 Å². The highest BCUT2D eigenvalue weighted by Gasteiger charge is 2.28. The van der Waals surface area contributed by atoms with Gasteiger partial charge in [0.25, 0.3) is 0 Å². The summed E-state index contributed by atoms with van der Waals surface area (Å²) in [6, 6.07) is 17.5. The second-order valence-corrected chi connectivity index (χ2v) is 7.22. The van der Waals surface area contributed by atoms with Crippen LogP contribution in [0.2, 0.25) is 5.02 Å². The zero-order valence-corrected chi connectivity index (χ0v) is 16.7. The molecule has 0 aliphatic heterocycles. The van der Waals surface area contributed by atoms with Crippen LogP contribution in [0.5, 0.6) is 0 Å². The second-order valence-electron chi connectivity index (χ2n) is 6.79. The van der Waals surface area contributed by atoms with Crippen molar-refractivity contribution < 1.29 is 13.9 Å². The molecule has 2 aromatic carbocycles. The van der Waals surface area contributed by atoms with Gasteiger partial charge < -0.3 is 10.1 Å². The van der Waals surface area contributed by atoms with Gasteiger partial charge in [-0.2, -0.15) is 0 Å². The molecule has 0 atom stereocenters. The van der Waals surface area contributed by atoms with Crippen molar-refractivity contribution in [1.29, 1.82) is 0 Å². The maximum absolute atomic E-state index is 13.6. The van der Waals surface area contributed by atoms with E-state index < -0.39 is 11.9 Å². The standard InChI is InChI=1S/C24H18ClFN2O2/c25-16-13-22(26)23(28-14-16)11-5-6-12-27-24(29)30-15-21-19-9-3-1-7-17(19)18-8-2-4-10-20(18)21/h1-4,7-10,13-14,21H,6,12,15H2,(H,27,29). The topological polar surface area (TPSA) is 51.2 Å². The number of nitrogens with one attached hydrogen (secondary N) is 1. The van der Waals surface area contributed by atoms with E-state index in [2.05, 4.69) is 46.4 Å². The third kappa shape index (κ3) is 4.29. The number of fused-ring (bicyclic) bond motifs is 3. The minimum atomic E-state index is -0.570. The highest BCUT2D eigenvalue weighted by molar-refractivity contribution is 6.30. The minimum absolute atomic E-state index is 0.0156. The highest BCUT2D eigenvalue weighted by Crippen LogP contribution is 2.44. The first-order valence-corrected chi connectivity index (χ1v) is 9.90. The van der Waals surface area contributed by atoms with E-state index in [4.69, 9.17) is 16.3 Å². The van der Waals surface area contributed by atoms with Crippen molar-refractivity contribution in [1.82, 2.24) is 10.3 Å². The lowest BCUT2D eigenvalue weighted by Gasteiger charge is -2.14. The Morgan fingerprint density at radius 1 is 1.13 bits per heavy atom. The average Bonchev–Trinajstić information content (AvgIpc) is 3.07. The molecule has 0 saturated heterocycles. The van der Waals surface area contributed by atoms with Crippen LogP contribution in [-0.2, 0) is 4.74 Å². The van der Waals surface area contributed by atoms with E-state index in [1.54, 1.807) is 0 Å². The van der Waals surface area contributed by atoms with Gasteiger partial charge in [0.15, 0.2) is 5.82 Å². The van der Waals surface area contributed by atoms with Crippen molar-refractivity contribution >= 4 is 17.7 Å². The SMILES string of the molecule is O=C(NCCC#Cc1ncc(Cl)cc1F)OCC1c2ccccc2-c2ccccc21. The van der Waals surface area contributed by atoms with Crippen molar-refractivity contribution in [2.24, 2.45) is 0 Å². The van der Waals surface area contributed by atoms with Gasteiger partial charge in [0.05, 0.1) is 5.02 Å². The first-order chi connectivity index (χ1) is 14.6. The second kappa shape index (κ2) is 8.98. The summed E-state index contributed by atoms with van der Waals surface area (Å²) in [6.45, 7) is 0.546. The van der Waals surface area contributed by atoms with Crippen LogP contribution in [0.25, 0.3) is 11.1 Å². The summed E-state index contributed by atoms with van der Waals surface area (Å²) < 4.78 is 19.1. The Labute approximate surface area is 179 Å². The van der Waals surface area contributed by atoms with Crippen LogP contribution in [0.3, 0.4) is 0 Å².